The number of methoxy groups -OCH3 is 1. The maximum atomic E-state index is 12.9. The number of carbonyl (C=O) groups is 1. The van der Waals surface area contributed by atoms with Crippen LogP contribution < -0.4 is 20.7 Å². The Balaban J connectivity index is 0.980. The van der Waals surface area contributed by atoms with Crippen molar-refractivity contribution in [2.75, 3.05) is 63.8 Å². The number of allylic oxidation sites excluding steroid dienone is 1. The minimum Gasteiger partial charge on any atom is -0.497 e. The molecule has 4 aromatic rings. The first-order valence-corrected chi connectivity index (χ1v) is 23.0. The Bertz CT molecular complexity index is 2370. The highest BCUT2D eigenvalue weighted by molar-refractivity contribution is 7.22. The molecule has 5 N–H and O–H groups in total. The van der Waals surface area contributed by atoms with Gasteiger partial charge in [-0.2, -0.15) is 0 Å². The number of hydrogen-bond acceptors (Lipinski definition) is 14. The van der Waals surface area contributed by atoms with Crippen LogP contribution in [-0.4, -0.2) is 106 Å². The van der Waals surface area contributed by atoms with Gasteiger partial charge in [0.2, 0.25) is 0 Å². The third-order valence-electron chi connectivity index (χ3n) is 14.0. The van der Waals surface area contributed by atoms with Crippen molar-refractivity contribution in [2.24, 2.45) is 33.4 Å². The van der Waals surface area contributed by atoms with Gasteiger partial charge in [0.05, 0.1) is 29.5 Å². The van der Waals surface area contributed by atoms with Gasteiger partial charge in [-0.05, 0) is 139 Å². The summed E-state index contributed by atoms with van der Waals surface area (Å²) in [6, 6.07) is 9.47. The number of nitrogens with two attached hydrogens (primary N) is 1. The van der Waals surface area contributed by atoms with E-state index >= 15 is 0 Å². The predicted octanol–water partition coefficient (Wildman–Crippen LogP) is 8.17. The molecule has 3 aromatic heterocycles. The van der Waals surface area contributed by atoms with Gasteiger partial charge in [-0.3, -0.25) is 4.99 Å². The SMILES string of the molecule is COc1ccc2sc(Nc3nnc4c(c3C)CCCN4c3ccc(/C(=C/N)C(C)=NCC4CC5(C)CC6(C)CC4CC(OCCN(C)CCCCO)(C5)C6)c(C(=O)O)n3)nc2c1. The fourth-order valence-electron chi connectivity index (χ4n) is 11.8. The Morgan fingerprint density at radius 1 is 1.10 bits per heavy atom. The van der Waals surface area contributed by atoms with E-state index in [9.17, 15) is 15.0 Å². The molecule has 14 nitrogen and oxygen atoms in total. The molecule has 5 aliphatic rings. The van der Waals surface area contributed by atoms with Gasteiger partial charge < -0.3 is 40.5 Å². The summed E-state index contributed by atoms with van der Waals surface area (Å²) in [7, 11) is 3.78. The largest absolute Gasteiger partial charge is 0.497 e. The molecule has 4 bridgehead atoms. The van der Waals surface area contributed by atoms with Crippen LogP contribution >= 0.6 is 11.3 Å². The Morgan fingerprint density at radius 2 is 1.90 bits per heavy atom. The van der Waals surface area contributed by atoms with Crippen molar-refractivity contribution < 1.29 is 24.5 Å². The number of aliphatic hydroxyl groups excluding tert-OH is 1. The number of hydrogen-bond donors (Lipinski definition) is 4. The number of nitrogens with one attached hydrogen (secondary N) is 1. The van der Waals surface area contributed by atoms with E-state index < -0.39 is 5.97 Å². The van der Waals surface area contributed by atoms with Crippen molar-refractivity contribution in [1.82, 2.24) is 25.1 Å². The molecule has 9 rings (SSSR count). The molecule has 0 spiro atoms. The number of aliphatic hydroxyl groups is 1. The average Bonchev–Trinajstić information content (AvgIpc) is 3.58. The molecule has 0 radical (unpaired) electrons. The van der Waals surface area contributed by atoms with Gasteiger partial charge in [0.25, 0.3) is 0 Å². The smallest absolute Gasteiger partial charge is 0.355 e. The minimum absolute atomic E-state index is 0.0831. The lowest BCUT2D eigenvalue weighted by Crippen LogP contribution is -2.52. The van der Waals surface area contributed by atoms with Crippen LogP contribution in [0.15, 0.2) is 41.5 Å². The molecular formula is C47H63N9O5S. The van der Waals surface area contributed by atoms with Crippen LogP contribution in [-0.2, 0) is 11.2 Å². The fraction of sp³-hybridized carbons (Fsp3) is 0.574. The van der Waals surface area contributed by atoms with Crippen LogP contribution in [0.25, 0.3) is 15.8 Å². The summed E-state index contributed by atoms with van der Waals surface area (Å²) in [4.78, 5) is 31.9. The summed E-state index contributed by atoms with van der Waals surface area (Å²) in [6.45, 7) is 13.0. The number of rotatable bonds is 17. The maximum Gasteiger partial charge on any atom is 0.355 e. The lowest BCUT2D eigenvalue weighted by Gasteiger charge is -2.56. The number of carboxylic acids is 1. The topological polar surface area (TPSA) is 184 Å². The van der Waals surface area contributed by atoms with Crippen molar-refractivity contribution in [3.05, 3.63) is 58.9 Å². The van der Waals surface area contributed by atoms with Crippen molar-refractivity contribution in [3.8, 4) is 5.75 Å². The van der Waals surface area contributed by atoms with E-state index in [2.05, 4.69) is 41.3 Å². The van der Waals surface area contributed by atoms with Crippen LogP contribution in [0.3, 0.4) is 0 Å². The third kappa shape index (κ3) is 9.04. The van der Waals surface area contributed by atoms with Crippen LogP contribution in [0.1, 0.15) is 106 Å². The molecule has 4 heterocycles. The summed E-state index contributed by atoms with van der Waals surface area (Å²) < 4.78 is 13.3. The van der Waals surface area contributed by atoms with Crippen molar-refractivity contribution in [1.29, 1.82) is 0 Å². The van der Waals surface area contributed by atoms with Crippen LogP contribution in [0.2, 0.25) is 0 Å². The molecule has 15 heteroatoms. The third-order valence-corrected chi connectivity index (χ3v) is 14.9. The number of unbranched alkanes of at least 4 members (excludes halogenated alkanes) is 1. The lowest BCUT2D eigenvalue weighted by atomic mass is 9.53. The molecule has 4 aliphatic carbocycles. The summed E-state index contributed by atoms with van der Waals surface area (Å²) >= 11 is 1.53. The van der Waals surface area contributed by atoms with Crippen molar-refractivity contribution in [3.63, 3.8) is 0 Å². The first-order valence-electron chi connectivity index (χ1n) is 22.2. The molecule has 1 aromatic carbocycles. The van der Waals surface area contributed by atoms with E-state index in [1.165, 1.54) is 30.4 Å². The fourth-order valence-corrected chi connectivity index (χ4v) is 12.6. The monoisotopic (exact) mass is 865 g/mol. The van der Waals surface area contributed by atoms with Gasteiger partial charge >= 0.3 is 5.97 Å². The standard InChI is InChI=1S/C47H63N9O5S/c1-29-34-10-9-16-56(42(34)54-53-41(29)52-44-50-37-20-33(60-6)11-13-38(37)62-44)39-14-12-35(40(51-39)43(58)59)36(24-48)30(2)49-25-32-22-46(4)26-45(3)21-31(32)23-47(27-45,28-46)61-19-17-55(5)15-7-8-18-57/h11-14,20,24,31-32,57H,7-10,15-19,21-23,25-28,48H2,1-6H3,(H,58,59)(H,50,52,53)/b36-24+,49-30?. The van der Waals surface area contributed by atoms with Gasteiger partial charge in [0.15, 0.2) is 22.5 Å². The molecule has 62 heavy (non-hydrogen) atoms. The number of aliphatic imine (C=N–C) groups is 1. The molecule has 332 valence electrons. The number of aromatic nitrogens is 4. The van der Waals surface area contributed by atoms with E-state index in [1.54, 1.807) is 13.2 Å². The second-order valence-corrected chi connectivity index (χ2v) is 20.2. The number of carboxylic acid groups (broad SMARTS) is 1. The van der Waals surface area contributed by atoms with E-state index in [-0.39, 0.29) is 28.7 Å². The van der Waals surface area contributed by atoms with Gasteiger partial charge in [-0.15, -0.1) is 10.2 Å². The summed E-state index contributed by atoms with van der Waals surface area (Å²) in [6.07, 6.45) is 11.7. The molecule has 4 fully saturated rings. The number of nitrogens with zero attached hydrogens (tertiary/aromatic N) is 7. The first-order chi connectivity index (χ1) is 29.7. The van der Waals surface area contributed by atoms with Crippen LogP contribution in [0.4, 0.5) is 22.6 Å². The Kier molecular flexibility index (Phi) is 12.6. The average molecular weight is 866 g/mol. The highest BCUT2D eigenvalue weighted by Crippen LogP contribution is 2.66. The Hall–Kier alpha value is -4.70. The second-order valence-electron chi connectivity index (χ2n) is 19.1. The number of fused-ring (bicyclic) bond motifs is 3. The van der Waals surface area contributed by atoms with Gasteiger partial charge in [-0.1, -0.05) is 25.2 Å². The second kappa shape index (κ2) is 17.8. The zero-order valence-electron chi connectivity index (χ0n) is 37.2. The number of ether oxygens (including phenoxy) is 2. The highest BCUT2D eigenvalue weighted by Gasteiger charge is 2.60. The van der Waals surface area contributed by atoms with Crippen molar-refractivity contribution in [2.45, 2.75) is 97.5 Å². The molecule has 1 aliphatic heterocycles. The van der Waals surface area contributed by atoms with Crippen LogP contribution in [0.5, 0.6) is 5.75 Å². The first kappa shape index (κ1) is 43.9. The molecule has 0 saturated heterocycles. The number of aromatic carboxylic acids is 1. The normalized spacial score (nSPS) is 26.0. The lowest BCUT2D eigenvalue weighted by molar-refractivity contribution is -0.165. The van der Waals surface area contributed by atoms with E-state index in [0.717, 1.165) is 98.2 Å². The predicted molar refractivity (Wildman–Crippen MR) is 246 cm³/mol. The molecular weight excluding hydrogens is 803 g/mol. The molecule has 4 saturated carbocycles. The maximum absolute atomic E-state index is 12.9. The zero-order chi connectivity index (χ0) is 43.8. The van der Waals surface area contributed by atoms with Gasteiger partial charge in [0.1, 0.15) is 11.6 Å². The van der Waals surface area contributed by atoms with Crippen LogP contribution in [0, 0.1) is 29.6 Å². The van der Waals surface area contributed by atoms with E-state index in [0.29, 0.717) is 64.4 Å². The number of anilines is 4. The molecule has 5 atom stereocenters. The quantitative estimate of drug-likeness (QED) is 0.0589. The number of likely N-dealkylation sites (N-methyl/N-ethyl adjacent to an activating group) is 1. The van der Waals surface area contributed by atoms with E-state index in [1.807, 2.05) is 43.0 Å². The Morgan fingerprint density at radius 3 is 2.66 bits per heavy atom. The minimum atomic E-state index is -1.14. The number of thiazole rings is 1. The Labute approximate surface area is 369 Å². The summed E-state index contributed by atoms with van der Waals surface area (Å²) in [5.41, 5.74) is 11.1. The van der Waals surface area contributed by atoms with E-state index in [4.69, 9.17) is 30.2 Å². The summed E-state index contributed by atoms with van der Waals surface area (Å²) in [5.74, 6) is 2.29. The van der Waals surface area contributed by atoms with Gasteiger partial charge in [-0.25, -0.2) is 14.8 Å². The highest BCUT2D eigenvalue weighted by atomic mass is 32.1. The summed E-state index contributed by atoms with van der Waals surface area (Å²) in [5, 5.41) is 33.1. The number of benzene rings is 1. The van der Waals surface area contributed by atoms with Crippen molar-refractivity contribution >= 4 is 61.4 Å². The van der Waals surface area contributed by atoms with Gasteiger partial charge in [0, 0.05) is 66.5 Å². The number of pyridine rings is 1. The molecule has 5 unspecified atom stereocenters. The zero-order valence-corrected chi connectivity index (χ0v) is 38.0. The molecule has 0 amide bonds.